The Morgan fingerprint density at radius 2 is 2.03 bits per heavy atom. The zero-order chi connectivity index (χ0) is 22.9. The summed E-state index contributed by atoms with van der Waals surface area (Å²) in [7, 11) is 2.00. The average molecular weight is 447 g/mol. The Balaban J connectivity index is 1.44. The summed E-state index contributed by atoms with van der Waals surface area (Å²) in [6, 6.07) is 18.0. The van der Waals surface area contributed by atoms with Crippen molar-refractivity contribution in [2.24, 2.45) is 5.10 Å². The first-order valence-corrected chi connectivity index (χ1v) is 11.1. The van der Waals surface area contributed by atoms with E-state index >= 15 is 0 Å². The van der Waals surface area contributed by atoms with Gasteiger partial charge in [0.1, 0.15) is 12.4 Å². The molecular formula is C25H30N6O2. The van der Waals surface area contributed by atoms with Gasteiger partial charge in [-0.25, -0.2) is 4.98 Å². The van der Waals surface area contributed by atoms with E-state index in [9.17, 15) is 0 Å². The van der Waals surface area contributed by atoms with E-state index in [2.05, 4.69) is 49.4 Å². The normalized spacial score (nSPS) is 13.8. The van der Waals surface area contributed by atoms with Crippen LogP contribution in [0.5, 0.6) is 5.88 Å². The summed E-state index contributed by atoms with van der Waals surface area (Å²) in [5.41, 5.74) is 6.32. The highest BCUT2D eigenvalue weighted by atomic mass is 16.5. The van der Waals surface area contributed by atoms with Crippen molar-refractivity contribution in [1.82, 2.24) is 9.97 Å². The zero-order valence-electron chi connectivity index (χ0n) is 19.1. The molecule has 0 bridgehead atoms. The minimum absolute atomic E-state index is 0.485. The molecule has 0 spiro atoms. The van der Waals surface area contributed by atoms with Crippen molar-refractivity contribution in [1.29, 1.82) is 0 Å². The molecule has 2 aromatic heterocycles. The van der Waals surface area contributed by atoms with Crippen molar-refractivity contribution in [3.05, 3.63) is 71.9 Å². The Hall–Kier alpha value is -3.65. The Kier molecular flexibility index (Phi) is 7.71. The van der Waals surface area contributed by atoms with Crippen molar-refractivity contribution >= 4 is 23.5 Å². The molecule has 172 valence electrons. The zero-order valence-corrected chi connectivity index (χ0v) is 19.1. The Morgan fingerprint density at radius 1 is 1.15 bits per heavy atom. The SMILES string of the molecule is Cc1cccc(C=NNc2cc(N3CCOCC3)cc(OCCN(C)c3ccccn3)n2)c1. The van der Waals surface area contributed by atoms with Gasteiger partial charge in [0.05, 0.1) is 26.0 Å². The number of hydrazone groups is 1. The van der Waals surface area contributed by atoms with Crippen LogP contribution in [0.15, 0.2) is 65.9 Å². The van der Waals surface area contributed by atoms with Gasteiger partial charge in [0.25, 0.3) is 0 Å². The van der Waals surface area contributed by atoms with Crippen molar-refractivity contribution in [2.75, 3.05) is 61.7 Å². The molecule has 1 N–H and O–H groups in total. The minimum atomic E-state index is 0.485. The van der Waals surface area contributed by atoms with Crippen LogP contribution < -0.4 is 20.0 Å². The number of anilines is 3. The van der Waals surface area contributed by atoms with Crippen LogP contribution in [-0.2, 0) is 4.74 Å². The number of hydrogen-bond donors (Lipinski definition) is 1. The first-order valence-electron chi connectivity index (χ1n) is 11.1. The summed E-state index contributed by atoms with van der Waals surface area (Å²) in [5, 5.41) is 4.38. The van der Waals surface area contributed by atoms with E-state index in [0.717, 1.165) is 30.2 Å². The maximum absolute atomic E-state index is 6.02. The number of nitrogens with zero attached hydrogens (tertiary/aromatic N) is 5. The number of rotatable bonds is 9. The highest BCUT2D eigenvalue weighted by Crippen LogP contribution is 2.25. The van der Waals surface area contributed by atoms with E-state index in [1.165, 1.54) is 5.56 Å². The molecule has 1 aromatic carbocycles. The van der Waals surface area contributed by atoms with Gasteiger partial charge in [-0.2, -0.15) is 10.1 Å². The van der Waals surface area contributed by atoms with Crippen LogP contribution in [0.1, 0.15) is 11.1 Å². The quantitative estimate of drug-likeness (QED) is 0.398. The molecule has 1 saturated heterocycles. The maximum Gasteiger partial charge on any atom is 0.217 e. The molecule has 0 amide bonds. The summed E-state index contributed by atoms with van der Waals surface area (Å²) in [6.07, 6.45) is 3.58. The number of likely N-dealkylation sites (N-methyl/N-ethyl adjacent to an activating group) is 1. The molecule has 0 saturated carbocycles. The van der Waals surface area contributed by atoms with Gasteiger partial charge in [-0.05, 0) is 24.6 Å². The lowest BCUT2D eigenvalue weighted by Gasteiger charge is -2.29. The van der Waals surface area contributed by atoms with Gasteiger partial charge in [0.2, 0.25) is 5.88 Å². The molecule has 8 heteroatoms. The van der Waals surface area contributed by atoms with Crippen molar-refractivity contribution < 1.29 is 9.47 Å². The predicted octanol–water partition coefficient (Wildman–Crippen LogP) is 3.58. The molecule has 0 unspecified atom stereocenters. The predicted molar refractivity (Wildman–Crippen MR) is 133 cm³/mol. The summed E-state index contributed by atoms with van der Waals surface area (Å²) < 4.78 is 11.5. The average Bonchev–Trinajstić information content (AvgIpc) is 2.85. The number of nitrogens with one attached hydrogen (secondary N) is 1. The summed E-state index contributed by atoms with van der Waals surface area (Å²) in [5.74, 6) is 2.10. The lowest BCUT2D eigenvalue weighted by molar-refractivity contribution is 0.122. The van der Waals surface area contributed by atoms with E-state index in [1.54, 1.807) is 12.4 Å². The number of ether oxygens (including phenoxy) is 2. The van der Waals surface area contributed by atoms with Gasteiger partial charge in [-0.3, -0.25) is 5.43 Å². The highest BCUT2D eigenvalue weighted by Gasteiger charge is 2.14. The highest BCUT2D eigenvalue weighted by molar-refractivity contribution is 5.80. The number of aromatic nitrogens is 2. The molecule has 0 aliphatic carbocycles. The van der Waals surface area contributed by atoms with Gasteiger partial charge in [0.15, 0.2) is 5.82 Å². The van der Waals surface area contributed by atoms with Crippen LogP contribution >= 0.6 is 0 Å². The van der Waals surface area contributed by atoms with Gasteiger partial charge >= 0.3 is 0 Å². The molecule has 33 heavy (non-hydrogen) atoms. The summed E-state index contributed by atoms with van der Waals surface area (Å²) in [4.78, 5) is 13.3. The minimum Gasteiger partial charge on any atom is -0.476 e. The fraction of sp³-hybridized carbons (Fsp3) is 0.320. The molecule has 1 aliphatic heterocycles. The van der Waals surface area contributed by atoms with E-state index in [1.807, 2.05) is 49.5 Å². The first-order chi connectivity index (χ1) is 16.2. The third-order valence-corrected chi connectivity index (χ3v) is 5.31. The third-order valence-electron chi connectivity index (χ3n) is 5.31. The van der Waals surface area contributed by atoms with Gasteiger partial charge in [-0.15, -0.1) is 0 Å². The smallest absolute Gasteiger partial charge is 0.217 e. The first kappa shape index (κ1) is 22.5. The standard InChI is InChI=1S/C25H30N6O2/c1-20-6-5-7-21(16-20)19-27-29-23-17-22(31-11-13-32-14-12-31)18-25(28-23)33-15-10-30(2)24-8-3-4-9-26-24/h3-9,16-19H,10-15H2,1-2H3,(H,28,29). The number of morpholine rings is 1. The number of benzene rings is 1. The second kappa shape index (κ2) is 11.3. The van der Waals surface area contributed by atoms with Crippen LogP contribution in [0.4, 0.5) is 17.3 Å². The number of aryl methyl sites for hydroxylation is 1. The number of hydrogen-bond acceptors (Lipinski definition) is 8. The van der Waals surface area contributed by atoms with Crippen molar-refractivity contribution in [2.45, 2.75) is 6.92 Å². The second-order valence-corrected chi connectivity index (χ2v) is 7.89. The molecule has 0 atom stereocenters. The van der Waals surface area contributed by atoms with E-state index in [-0.39, 0.29) is 0 Å². The number of pyridine rings is 2. The molecule has 1 fully saturated rings. The van der Waals surface area contributed by atoms with Gasteiger partial charge in [-0.1, -0.05) is 35.9 Å². The Morgan fingerprint density at radius 3 is 2.82 bits per heavy atom. The fourth-order valence-electron chi connectivity index (χ4n) is 3.53. The molecular weight excluding hydrogens is 416 g/mol. The van der Waals surface area contributed by atoms with Gasteiger partial charge < -0.3 is 19.3 Å². The molecule has 4 rings (SSSR count). The molecule has 8 nitrogen and oxygen atoms in total. The van der Waals surface area contributed by atoms with Crippen LogP contribution in [0.3, 0.4) is 0 Å². The van der Waals surface area contributed by atoms with Crippen molar-refractivity contribution in [3.63, 3.8) is 0 Å². The van der Waals surface area contributed by atoms with Crippen LogP contribution in [-0.4, -0.2) is 62.7 Å². The van der Waals surface area contributed by atoms with E-state index in [4.69, 9.17) is 9.47 Å². The van der Waals surface area contributed by atoms with E-state index < -0.39 is 0 Å². The molecule has 3 aromatic rings. The van der Waals surface area contributed by atoms with Crippen LogP contribution in [0, 0.1) is 6.92 Å². The Bertz CT molecular complexity index is 1050. The van der Waals surface area contributed by atoms with Gasteiger partial charge in [0, 0.05) is 44.2 Å². The lowest BCUT2D eigenvalue weighted by Crippen LogP contribution is -2.36. The second-order valence-electron chi connectivity index (χ2n) is 7.89. The third kappa shape index (κ3) is 6.66. The Labute approximate surface area is 194 Å². The van der Waals surface area contributed by atoms with Crippen LogP contribution in [0.2, 0.25) is 0 Å². The summed E-state index contributed by atoms with van der Waals surface area (Å²) in [6.45, 7) is 6.32. The monoisotopic (exact) mass is 446 g/mol. The van der Waals surface area contributed by atoms with Crippen LogP contribution in [0.25, 0.3) is 0 Å². The maximum atomic E-state index is 6.02. The molecule has 1 aliphatic rings. The topological polar surface area (TPSA) is 75.1 Å². The molecule has 0 radical (unpaired) electrons. The van der Waals surface area contributed by atoms with Crippen molar-refractivity contribution in [3.8, 4) is 5.88 Å². The lowest BCUT2D eigenvalue weighted by atomic mass is 10.2. The summed E-state index contributed by atoms with van der Waals surface area (Å²) >= 11 is 0. The fourth-order valence-corrected chi connectivity index (χ4v) is 3.53. The van der Waals surface area contributed by atoms with E-state index in [0.29, 0.717) is 38.1 Å². The largest absolute Gasteiger partial charge is 0.476 e. The molecule has 3 heterocycles.